The van der Waals surface area contributed by atoms with Crippen molar-refractivity contribution in [2.75, 3.05) is 30.4 Å². The number of pyridine rings is 1. The number of carbonyl (C=O) groups is 1. The molecule has 1 aromatic carbocycles. The zero-order valence-electron chi connectivity index (χ0n) is 17.0. The van der Waals surface area contributed by atoms with E-state index in [1.54, 1.807) is 12.1 Å². The monoisotopic (exact) mass is 450 g/mol. The van der Waals surface area contributed by atoms with Crippen molar-refractivity contribution in [2.24, 2.45) is 5.92 Å². The number of halogens is 3. The van der Waals surface area contributed by atoms with E-state index in [2.05, 4.69) is 22.1 Å². The van der Waals surface area contributed by atoms with Crippen molar-refractivity contribution >= 4 is 38.3 Å². The van der Waals surface area contributed by atoms with Crippen LogP contribution in [0.2, 0.25) is 0 Å². The van der Waals surface area contributed by atoms with Crippen molar-refractivity contribution in [1.29, 1.82) is 0 Å². The summed E-state index contributed by atoms with van der Waals surface area (Å²) in [5.41, 5.74) is -0.359. The van der Waals surface area contributed by atoms with Crippen LogP contribution < -0.4 is 15.0 Å². The number of aromatic nitrogens is 2. The standard InChI is InChI=1S/C21H21F3N4O2S/c1-12-6-8-28(9-7-12)20-27-15-10-16(30-2)14(11-17(15)31-20)26-19(29)13-4-3-5-18(25-13)21(22,23)24/h3-5,10-12H,6-9H2,1-2H3,(H,26,29). The van der Waals surface area contributed by atoms with E-state index in [1.165, 1.54) is 24.5 Å². The van der Waals surface area contributed by atoms with Gasteiger partial charge in [0.2, 0.25) is 0 Å². The highest BCUT2D eigenvalue weighted by atomic mass is 32.1. The van der Waals surface area contributed by atoms with E-state index in [-0.39, 0.29) is 5.69 Å². The number of methoxy groups -OCH3 is 1. The van der Waals surface area contributed by atoms with Crippen LogP contribution in [0.4, 0.5) is 24.0 Å². The van der Waals surface area contributed by atoms with E-state index in [9.17, 15) is 18.0 Å². The first-order chi connectivity index (χ1) is 14.7. The van der Waals surface area contributed by atoms with Crippen LogP contribution in [0.15, 0.2) is 30.3 Å². The lowest BCUT2D eigenvalue weighted by Gasteiger charge is -2.29. The lowest BCUT2D eigenvalue weighted by Crippen LogP contribution is -2.32. The number of thiazole rings is 1. The molecule has 164 valence electrons. The van der Waals surface area contributed by atoms with Crippen LogP contribution in [0.1, 0.15) is 35.9 Å². The van der Waals surface area contributed by atoms with Gasteiger partial charge < -0.3 is 15.0 Å². The number of piperidine rings is 1. The Morgan fingerprint density at radius 3 is 2.65 bits per heavy atom. The molecule has 1 saturated heterocycles. The minimum Gasteiger partial charge on any atom is -0.494 e. The number of rotatable bonds is 4. The van der Waals surface area contributed by atoms with Crippen LogP contribution in [0.5, 0.6) is 5.75 Å². The first kappa shape index (κ1) is 21.4. The Kier molecular flexibility index (Phi) is 5.74. The molecule has 31 heavy (non-hydrogen) atoms. The molecule has 0 unspecified atom stereocenters. The van der Waals surface area contributed by atoms with E-state index < -0.39 is 17.8 Å². The number of nitrogens with one attached hydrogen (secondary N) is 1. The summed E-state index contributed by atoms with van der Waals surface area (Å²) in [6, 6.07) is 6.66. The lowest BCUT2D eigenvalue weighted by molar-refractivity contribution is -0.141. The van der Waals surface area contributed by atoms with Gasteiger partial charge in [0.15, 0.2) is 5.13 Å². The second-order valence-electron chi connectivity index (χ2n) is 7.55. The maximum Gasteiger partial charge on any atom is 0.433 e. The van der Waals surface area contributed by atoms with Gasteiger partial charge >= 0.3 is 6.18 Å². The van der Waals surface area contributed by atoms with Crippen LogP contribution in [-0.2, 0) is 6.18 Å². The van der Waals surface area contributed by atoms with Crippen molar-refractivity contribution in [3.05, 3.63) is 41.7 Å². The van der Waals surface area contributed by atoms with E-state index in [4.69, 9.17) is 9.72 Å². The first-order valence-electron chi connectivity index (χ1n) is 9.83. The molecule has 1 aliphatic rings. The molecule has 10 heteroatoms. The van der Waals surface area contributed by atoms with Crippen molar-refractivity contribution in [1.82, 2.24) is 9.97 Å². The fraction of sp³-hybridized carbons (Fsp3) is 0.381. The van der Waals surface area contributed by atoms with Crippen LogP contribution in [0.3, 0.4) is 0 Å². The zero-order chi connectivity index (χ0) is 22.2. The normalized spacial score (nSPS) is 15.3. The molecule has 0 spiro atoms. The van der Waals surface area contributed by atoms with Crippen molar-refractivity contribution in [3.63, 3.8) is 0 Å². The van der Waals surface area contributed by atoms with Gasteiger partial charge in [0.1, 0.15) is 17.1 Å². The summed E-state index contributed by atoms with van der Waals surface area (Å²) in [6.07, 6.45) is -2.40. The number of hydrogen-bond donors (Lipinski definition) is 1. The number of anilines is 2. The van der Waals surface area contributed by atoms with Gasteiger partial charge in [-0.25, -0.2) is 9.97 Å². The molecular weight excluding hydrogens is 429 g/mol. The Balaban J connectivity index is 1.60. The van der Waals surface area contributed by atoms with Crippen molar-refractivity contribution in [3.8, 4) is 5.75 Å². The summed E-state index contributed by atoms with van der Waals surface area (Å²) in [5.74, 6) is 0.326. The molecule has 0 saturated carbocycles. The molecule has 1 fully saturated rings. The van der Waals surface area contributed by atoms with Crippen LogP contribution in [-0.4, -0.2) is 36.1 Å². The highest BCUT2D eigenvalue weighted by Crippen LogP contribution is 2.37. The largest absolute Gasteiger partial charge is 0.494 e. The molecule has 0 aliphatic carbocycles. The SMILES string of the molecule is COc1cc2nc(N3CCC(C)CC3)sc2cc1NC(=O)c1cccc(C(F)(F)F)n1. The summed E-state index contributed by atoms with van der Waals surface area (Å²) >= 11 is 1.51. The molecule has 1 aliphatic heterocycles. The van der Waals surface area contributed by atoms with Gasteiger partial charge in [-0.15, -0.1) is 0 Å². The van der Waals surface area contributed by atoms with Gasteiger partial charge in [-0.05, 0) is 37.0 Å². The maximum absolute atomic E-state index is 12.9. The number of amides is 1. The molecule has 0 atom stereocenters. The number of benzene rings is 1. The third-order valence-corrected chi connectivity index (χ3v) is 6.35. The highest BCUT2D eigenvalue weighted by Gasteiger charge is 2.33. The minimum absolute atomic E-state index is 0.329. The molecule has 3 aromatic rings. The Labute approximate surface area is 181 Å². The number of fused-ring (bicyclic) bond motifs is 1. The van der Waals surface area contributed by atoms with Crippen molar-refractivity contribution in [2.45, 2.75) is 25.9 Å². The Morgan fingerprint density at radius 1 is 1.23 bits per heavy atom. The Hall–Kier alpha value is -2.88. The van der Waals surface area contributed by atoms with E-state index >= 15 is 0 Å². The maximum atomic E-state index is 12.9. The van der Waals surface area contributed by atoms with Gasteiger partial charge in [-0.2, -0.15) is 13.2 Å². The first-order valence-corrected chi connectivity index (χ1v) is 10.7. The summed E-state index contributed by atoms with van der Waals surface area (Å²) in [7, 11) is 1.46. The fourth-order valence-electron chi connectivity index (χ4n) is 3.45. The van der Waals surface area contributed by atoms with Gasteiger partial charge in [-0.3, -0.25) is 4.79 Å². The molecule has 1 amide bonds. The topological polar surface area (TPSA) is 67.3 Å². The Bertz CT molecular complexity index is 1110. The average Bonchev–Trinajstić information content (AvgIpc) is 3.16. The van der Waals surface area contributed by atoms with Crippen molar-refractivity contribution < 1.29 is 22.7 Å². The number of hydrogen-bond acceptors (Lipinski definition) is 6. The van der Waals surface area contributed by atoms with Gasteiger partial charge in [0.05, 0.1) is 23.0 Å². The summed E-state index contributed by atoms with van der Waals surface area (Å²) in [5, 5.41) is 3.52. The van der Waals surface area contributed by atoms with Crippen LogP contribution in [0, 0.1) is 5.92 Å². The fourth-order valence-corrected chi connectivity index (χ4v) is 4.49. The molecule has 3 heterocycles. The Morgan fingerprint density at radius 2 is 1.97 bits per heavy atom. The van der Waals surface area contributed by atoms with E-state index in [0.717, 1.165) is 53.4 Å². The minimum atomic E-state index is -4.63. The lowest BCUT2D eigenvalue weighted by atomic mass is 10.00. The highest BCUT2D eigenvalue weighted by molar-refractivity contribution is 7.22. The number of nitrogens with zero attached hydrogens (tertiary/aromatic N) is 3. The van der Waals surface area contributed by atoms with E-state index in [1.807, 2.05) is 0 Å². The number of ether oxygens (including phenoxy) is 1. The van der Waals surface area contributed by atoms with Gasteiger partial charge in [0, 0.05) is 19.2 Å². The third kappa shape index (κ3) is 4.58. The van der Waals surface area contributed by atoms with Crippen LogP contribution in [0.25, 0.3) is 10.2 Å². The molecule has 6 nitrogen and oxygen atoms in total. The second-order valence-corrected chi connectivity index (χ2v) is 8.56. The average molecular weight is 450 g/mol. The summed E-state index contributed by atoms with van der Waals surface area (Å²) in [6.45, 7) is 4.14. The number of alkyl halides is 3. The quantitative estimate of drug-likeness (QED) is 0.591. The smallest absolute Gasteiger partial charge is 0.433 e. The van der Waals surface area contributed by atoms with Crippen LogP contribution >= 0.6 is 11.3 Å². The zero-order valence-corrected chi connectivity index (χ0v) is 17.8. The van der Waals surface area contributed by atoms with E-state index in [0.29, 0.717) is 17.4 Å². The van der Waals surface area contributed by atoms with Gasteiger partial charge in [-0.1, -0.05) is 24.3 Å². The van der Waals surface area contributed by atoms with Gasteiger partial charge in [0.25, 0.3) is 5.91 Å². The molecule has 0 bridgehead atoms. The predicted octanol–water partition coefficient (Wildman–Crippen LogP) is 5.21. The molecule has 1 N–H and O–H groups in total. The molecule has 2 aromatic heterocycles. The second kappa shape index (κ2) is 8.33. The molecule has 0 radical (unpaired) electrons. The molecular formula is C21H21F3N4O2S. The third-order valence-electron chi connectivity index (χ3n) is 5.27. The summed E-state index contributed by atoms with van der Waals surface area (Å²) in [4.78, 5) is 23.0. The predicted molar refractivity (Wildman–Crippen MR) is 114 cm³/mol. The molecule has 4 rings (SSSR count). The number of carbonyl (C=O) groups excluding carboxylic acids is 1. The summed E-state index contributed by atoms with van der Waals surface area (Å²) < 4.78 is 44.9.